The van der Waals surface area contributed by atoms with Crippen LogP contribution in [0.25, 0.3) is 0 Å². The van der Waals surface area contributed by atoms with Gasteiger partial charge in [0.05, 0.1) is 11.4 Å². The molecule has 1 aromatic heterocycles. The maximum atomic E-state index is 12.4. The fraction of sp³-hybridized carbons (Fsp3) is 0.571. The summed E-state index contributed by atoms with van der Waals surface area (Å²) in [4.78, 5) is 18.0. The minimum Gasteiger partial charge on any atom is -0.474 e. The largest absolute Gasteiger partial charge is 0.474 e. The van der Waals surface area contributed by atoms with E-state index in [9.17, 15) is 13.2 Å². The quantitative estimate of drug-likeness (QED) is 0.814. The molecule has 0 radical (unpaired) electrons. The van der Waals surface area contributed by atoms with Crippen molar-refractivity contribution in [3.05, 3.63) is 23.9 Å². The second-order valence-electron chi connectivity index (χ2n) is 5.31. The number of amides is 1. The fourth-order valence-corrected chi connectivity index (χ4v) is 3.39. The number of nitrogens with zero attached hydrogens (tertiary/aromatic N) is 2. The van der Waals surface area contributed by atoms with E-state index in [0.29, 0.717) is 11.4 Å². The molecule has 0 atom stereocenters. The van der Waals surface area contributed by atoms with Crippen LogP contribution in [0.15, 0.2) is 18.3 Å². The Morgan fingerprint density at radius 2 is 2.14 bits per heavy atom. The Labute approximate surface area is 125 Å². The monoisotopic (exact) mass is 312 g/mol. The van der Waals surface area contributed by atoms with Gasteiger partial charge in [-0.3, -0.25) is 4.79 Å². The molecule has 116 valence electrons. The lowest BCUT2D eigenvalue weighted by atomic mass is 10.1. The fourth-order valence-electron chi connectivity index (χ4n) is 2.11. The van der Waals surface area contributed by atoms with E-state index in [1.54, 1.807) is 25.3 Å². The average Bonchev–Trinajstić information content (AvgIpc) is 2.36. The van der Waals surface area contributed by atoms with Crippen molar-refractivity contribution < 1.29 is 17.9 Å². The van der Waals surface area contributed by atoms with Gasteiger partial charge < -0.3 is 9.64 Å². The number of ether oxygens (including phenoxy) is 1. The molecule has 0 aromatic carbocycles. The zero-order valence-electron chi connectivity index (χ0n) is 12.4. The topological polar surface area (TPSA) is 76.6 Å². The Hall–Kier alpha value is -1.63. The molecule has 1 aliphatic heterocycles. The van der Waals surface area contributed by atoms with Crippen LogP contribution in [0.1, 0.15) is 31.1 Å². The summed E-state index contributed by atoms with van der Waals surface area (Å²) in [7, 11) is -3.08. The molecule has 6 nitrogen and oxygen atoms in total. The second kappa shape index (κ2) is 6.01. The van der Waals surface area contributed by atoms with Gasteiger partial charge in [-0.2, -0.15) is 0 Å². The van der Waals surface area contributed by atoms with Crippen LogP contribution in [0.4, 0.5) is 0 Å². The minimum atomic E-state index is -3.08. The summed E-state index contributed by atoms with van der Waals surface area (Å²) in [5.41, 5.74) is 0.374. The van der Waals surface area contributed by atoms with Crippen molar-refractivity contribution in [3.63, 3.8) is 0 Å². The van der Waals surface area contributed by atoms with Crippen molar-refractivity contribution in [2.24, 2.45) is 0 Å². The molecule has 21 heavy (non-hydrogen) atoms. The van der Waals surface area contributed by atoms with Gasteiger partial charge in [-0.15, -0.1) is 0 Å². The molecule has 0 N–H and O–H groups in total. The normalized spacial score (nSPS) is 15.9. The molecular formula is C14H20N2O4S. The number of hydrogen-bond donors (Lipinski definition) is 0. The van der Waals surface area contributed by atoms with Gasteiger partial charge in [-0.1, -0.05) is 6.92 Å². The van der Waals surface area contributed by atoms with E-state index in [4.69, 9.17) is 4.74 Å². The van der Waals surface area contributed by atoms with Crippen LogP contribution in [0, 0.1) is 0 Å². The van der Waals surface area contributed by atoms with Crippen LogP contribution in [0.3, 0.4) is 0 Å². The molecule has 0 spiro atoms. The highest BCUT2D eigenvalue weighted by Gasteiger charge is 2.39. The van der Waals surface area contributed by atoms with Gasteiger partial charge in [0.25, 0.3) is 5.91 Å². The van der Waals surface area contributed by atoms with Crippen molar-refractivity contribution >= 4 is 15.7 Å². The van der Waals surface area contributed by atoms with Crippen LogP contribution in [-0.4, -0.2) is 54.4 Å². The third-order valence-electron chi connectivity index (χ3n) is 3.39. The van der Waals surface area contributed by atoms with E-state index in [2.05, 4.69) is 4.98 Å². The number of hydrogen-bond acceptors (Lipinski definition) is 5. The smallest absolute Gasteiger partial charge is 0.259 e. The SMILES string of the molecule is CCS(=O)(=O)C1CN(C(=O)c2cccnc2OC(C)C)C1. The van der Waals surface area contributed by atoms with E-state index in [0.717, 1.165) is 0 Å². The Morgan fingerprint density at radius 3 is 2.71 bits per heavy atom. The first-order valence-electron chi connectivity index (χ1n) is 6.97. The summed E-state index contributed by atoms with van der Waals surface area (Å²) < 4.78 is 29.0. The highest BCUT2D eigenvalue weighted by molar-refractivity contribution is 7.92. The predicted octanol–water partition coefficient (Wildman–Crippen LogP) is 1.13. The third-order valence-corrected chi connectivity index (χ3v) is 5.51. The van der Waals surface area contributed by atoms with E-state index in [1.165, 1.54) is 4.90 Å². The van der Waals surface area contributed by atoms with E-state index in [-0.39, 0.29) is 30.9 Å². The second-order valence-corrected chi connectivity index (χ2v) is 7.88. The number of sulfone groups is 1. The number of pyridine rings is 1. The number of carbonyl (C=O) groups excluding carboxylic acids is 1. The molecule has 1 aromatic rings. The molecule has 1 amide bonds. The molecule has 2 heterocycles. The Bertz CT molecular complexity index is 622. The Balaban J connectivity index is 2.10. The van der Waals surface area contributed by atoms with Crippen molar-refractivity contribution in [2.45, 2.75) is 32.1 Å². The van der Waals surface area contributed by atoms with Gasteiger partial charge in [0.15, 0.2) is 9.84 Å². The van der Waals surface area contributed by atoms with Gasteiger partial charge >= 0.3 is 0 Å². The molecular weight excluding hydrogens is 292 g/mol. The Kier molecular flexibility index (Phi) is 4.51. The highest BCUT2D eigenvalue weighted by Crippen LogP contribution is 2.23. The molecule has 0 saturated carbocycles. The summed E-state index contributed by atoms with van der Waals surface area (Å²) in [6, 6.07) is 3.31. The molecule has 1 saturated heterocycles. The lowest BCUT2D eigenvalue weighted by Gasteiger charge is -2.38. The van der Waals surface area contributed by atoms with Crippen molar-refractivity contribution in [3.8, 4) is 5.88 Å². The minimum absolute atomic E-state index is 0.0870. The highest BCUT2D eigenvalue weighted by atomic mass is 32.2. The zero-order valence-corrected chi connectivity index (χ0v) is 13.3. The van der Waals surface area contributed by atoms with Crippen molar-refractivity contribution in [1.82, 2.24) is 9.88 Å². The van der Waals surface area contributed by atoms with E-state index < -0.39 is 15.1 Å². The summed E-state index contributed by atoms with van der Waals surface area (Å²) in [5, 5.41) is -0.447. The molecule has 7 heteroatoms. The van der Waals surface area contributed by atoms with Crippen LogP contribution < -0.4 is 4.74 Å². The number of likely N-dealkylation sites (tertiary alicyclic amines) is 1. The van der Waals surface area contributed by atoms with E-state index >= 15 is 0 Å². The molecule has 0 bridgehead atoms. The third kappa shape index (κ3) is 3.34. The van der Waals surface area contributed by atoms with E-state index in [1.807, 2.05) is 13.8 Å². The summed E-state index contributed by atoms with van der Waals surface area (Å²) in [5.74, 6) is 0.162. The maximum Gasteiger partial charge on any atom is 0.259 e. The summed E-state index contributed by atoms with van der Waals surface area (Å²) in [6.07, 6.45) is 1.48. The maximum absolute atomic E-state index is 12.4. The van der Waals surface area contributed by atoms with Crippen LogP contribution in [-0.2, 0) is 9.84 Å². The van der Waals surface area contributed by atoms with Crippen LogP contribution in [0.5, 0.6) is 5.88 Å². The first-order chi connectivity index (χ1) is 9.85. The lowest BCUT2D eigenvalue weighted by Crippen LogP contribution is -2.57. The van der Waals surface area contributed by atoms with Gasteiger partial charge in [-0.25, -0.2) is 13.4 Å². The average molecular weight is 312 g/mol. The van der Waals surface area contributed by atoms with Crippen LogP contribution >= 0.6 is 0 Å². The first kappa shape index (κ1) is 15.8. The van der Waals surface area contributed by atoms with Crippen LogP contribution in [0.2, 0.25) is 0 Å². The number of carbonyl (C=O) groups is 1. The zero-order chi connectivity index (χ0) is 15.6. The molecule has 0 aliphatic carbocycles. The number of aromatic nitrogens is 1. The lowest BCUT2D eigenvalue weighted by molar-refractivity contribution is 0.0651. The van der Waals surface area contributed by atoms with Gasteiger partial charge in [0.1, 0.15) is 5.56 Å². The summed E-state index contributed by atoms with van der Waals surface area (Å²) >= 11 is 0. The van der Waals surface area contributed by atoms with Gasteiger partial charge in [0, 0.05) is 25.0 Å². The first-order valence-corrected chi connectivity index (χ1v) is 8.69. The number of rotatable bonds is 5. The van der Waals surface area contributed by atoms with Crippen molar-refractivity contribution in [1.29, 1.82) is 0 Å². The van der Waals surface area contributed by atoms with Gasteiger partial charge in [-0.05, 0) is 26.0 Å². The predicted molar refractivity (Wildman–Crippen MR) is 79.2 cm³/mol. The summed E-state index contributed by atoms with van der Waals surface area (Å²) in [6.45, 7) is 5.82. The molecule has 2 rings (SSSR count). The van der Waals surface area contributed by atoms with Crippen molar-refractivity contribution in [2.75, 3.05) is 18.8 Å². The van der Waals surface area contributed by atoms with Gasteiger partial charge in [0.2, 0.25) is 5.88 Å². The standard InChI is InChI=1S/C14H20N2O4S/c1-4-21(18,19)11-8-16(9-11)14(17)12-6-5-7-15-13(12)20-10(2)3/h5-7,10-11H,4,8-9H2,1-3H3. The molecule has 1 aliphatic rings. The Morgan fingerprint density at radius 1 is 1.48 bits per heavy atom. The molecule has 1 fully saturated rings. The molecule has 0 unspecified atom stereocenters.